The summed E-state index contributed by atoms with van der Waals surface area (Å²) in [6.07, 6.45) is 5.20. The fraction of sp³-hybridized carbons (Fsp3) is 0.367. The van der Waals surface area contributed by atoms with Crippen molar-refractivity contribution in [2.75, 3.05) is 11.9 Å². The summed E-state index contributed by atoms with van der Waals surface area (Å²) in [5.74, 6) is 1.18. The molecule has 4 aromatic rings. The highest BCUT2D eigenvalue weighted by molar-refractivity contribution is 6.05. The Balaban J connectivity index is 1.41. The van der Waals surface area contributed by atoms with Gasteiger partial charge < -0.3 is 19.2 Å². The van der Waals surface area contributed by atoms with Gasteiger partial charge in [-0.1, -0.05) is 60.7 Å². The van der Waals surface area contributed by atoms with Crippen LogP contribution in [-0.4, -0.2) is 40.3 Å². The molecule has 1 aliphatic rings. The fourth-order valence-corrected chi connectivity index (χ4v) is 4.89. The minimum Gasteiger partial charge on any atom is -0.458 e. The van der Waals surface area contributed by atoms with Crippen molar-refractivity contribution >= 4 is 22.9 Å². The van der Waals surface area contributed by atoms with Crippen molar-refractivity contribution < 1.29 is 18.7 Å². The maximum Gasteiger partial charge on any atom is 0.332 e. The third kappa shape index (κ3) is 6.00. The molecule has 0 unspecified atom stereocenters. The molecule has 7 heteroatoms. The van der Waals surface area contributed by atoms with Crippen molar-refractivity contribution in [2.24, 2.45) is 0 Å². The summed E-state index contributed by atoms with van der Waals surface area (Å²) in [5.41, 5.74) is 3.02. The lowest BCUT2D eigenvalue weighted by atomic mass is 9.92. The SMILES string of the molecule is CC(C)(C)OC(=O)CO[C@H]1CCC[C@H](Nc2ncnc3oc(-c4ccccc4)c(-c4ccccc4)c23)C1. The van der Waals surface area contributed by atoms with E-state index in [1.165, 1.54) is 6.33 Å². The number of nitrogens with zero attached hydrogens (tertiary/aromatic N) is 2. The standard InChI is InChI=1S/C30H33N3O4/c1-30(2,3)37-24(34)18-35-23-16-10-15-22(17-23)33-28-26-25(20-11-6-4-7-12-20)27(21-13-8-5-9-14-21)36-29(26)32-19-31-28/h4-9,11-14,19,22-23H,10,15-18H2,1-3H3,(H,31,32,33)/t22-,23-/m0/s1. The Morgan fingerprint density at radius 1 is 1.00 bits per heavy atom. The zero-order chi connectivity index (χ0) is 25.8. The number of carbonyl (C=O) groups is 1. The van der Waals surface area contributed by atoms with Crippen LogP contribution in [0.15, 0.2) is 71.4 Å². The van der Waals surface area contributed by atoms with Gasteiger partial charge in [0.15, 0.2) is 0 Å². The van der Waals surface area contributed by atoms with Crippen LogP contribution in [0.1, 0.15) is 46.5 Å². The van der Waals surface area contributed by atoms with E-state index in [0.717, 1.165) is 59.3 Å². The Kier molecular flexibility index (Phi) is 7.24. The Hall–Kier alpha value is -3.71. The van der Waals surface area contributed by atoms with Crippen molar-refractivity contribution in [3.8, 4) is 22.5 Å². The maximum atomic E-state index is 12.1. The molecule has 0 aliphatic heterocycles. The summed E-state index contributed by atoms with van der Waals surface area (Å²) in [6, 6.07) is 20.4. The molecular formula is C30H33N3O4. The zero-order valence-electron chi connectivity index (χ0n) is 21.6. The summed E-state index contributed by atoms with van der Waals surface area (Å²) in [5, 5.41) is 4.51. The third-order valence-electron chi connectivity index (χ3n) is 6.41. The number of fused-ring (bicyclic) bond motifs is 1. The molecule has 37 heavy (non-hydrogen) atoms. The molecule has 0 spiro atoms. The molecular weight excluding hydrogens is 466 g/mol. The van der Waals surface area contributed by atoms with E-state index < -0.39 is 5.60 Å². The minimum atomic E-state index is -0.519. The smallest absolute Gasteiger partial charge is 0.332 e. The molecule has 5 rings (SSSR count). The van der Waals surface area contributed by atoms with E-state index in [-0.39, 0.29) is 24.7 Å². The van der Waals surface area contributed by atoms with E-state index in [9.17, 15) is 4.79 Å². The van der Waals surface area contributed by atoms with Crippen LogP contribution in [0.5, 0.6) is 0 Å². The second-order valence-corrected chi connectivity index (χ2v) is 10.5. The van der Waals surface area contributed by atoms with Crippen LogP contribution in [0.4, 0.5) is 5.82 Å². The summed E-state index contributed by atoms with van der Waals surface area (Å²) in [4.78, 5) is 21.2. The first-order valence-corrected chi connectivity index (χ1v) is 12.9. The molecule has 2 atom stereocenters. The zero-order valence-corrected chi connectivity index (χ0v) is 21.6. The number of esters is 1. The predicted octanol–water partition coefficient (Wildman–Crippen LogP) is 6.64. The molecule has 1 saturated carbocycles. The number of rotatable bonds is 7. The van der Waals surface area contributed by atoms with E-state index in [4.69, 9.17) is 13.9 Å². The van der Waals surface area contributed by atoms with Crippen LogP contribution in [0.3, 0.4) is 0 Å². The molecule has 1 aliphatic carbocycles. The number of furan rings is 1. The van der Waals surface area contributed by atoms with Crippen molar-refractivity contribution in [1.82, 2.24) is 9.97 Å². The lowest BCUT2D eigenvalue weighted by Crippen LogP contribution is -2.34. The van der Waals surface area contributed by atoms with Crippen molar-refractivity contribution in [1.29, 1.82) is 0 Å². The van der Waals surface area contributed by atoms with Crippen LogP contribution >= 0.6 is 0 Å². The molecule has 0 bridgehead atoms. The molecule has 7 nitrogen and oxygen atoms in total. The van der Waals surface area contributed by atoms with Crippen molar-refractivity contribution in [3.63, 3.8) is 0 Å². The highest BCUT2D eigenvalue weighted by Crippen LogP contribution is 2.42. The summed E-state index contributed by atoms with van der Waals surface area (Å²) in [7, 11) is 0. The molecule has 1 fully saturated rings. The van der Waals surface area contributed by atoms with Gasteiger partial charge in [0, 0.05) is 17.2 Å². The second kappa shape index (κ2) is 10.7. The quantitative estimate of drug-likeness (QED) is 0.285. The highest BCUT2D eigenvalue weighted by Gasteiger charge is 2.27. The topological polar surface area (TPSA) is 86.5 Å². The van der Waals surface area contributed by atoms with Crippen LogP contribution in [0, 0.1) is 0 Å². The summed E-state index contributed by atoms with van der Waals surface area (Å²) >= 11 is 0. The average molecular weight is 500 g/mol. The number of carbonyl (C=O) groups excluding carboxylic acids is 1. The van der Waals surface area contributed by atoms with Gasteiger partial charge >= 0.3 is 5.97 Å². The van der Waals surface area contributed by atoms with Gasteiger partial charge in [-0.05, 0) is 52.0 Å². The number of benzene rings is 2. The average Bonchev–Trinajstić information content (AvgIpc) is 3.29. The van der Waals surface area contributed by atoms with E-state index in [2.05, 4.69) is 27.4 Å². The Morgan fingerprint density at radius 2 is 1.70 bits per heavy atom. The molecule has 0 radical (unpaired) electrons. The molecule has 192 valence electrons. The lowest BCUT2D eigenvalue weighted by molar-refractivity contribution is -0.162. The first-order valence-electron chi connectivity index (χ1n) is 12.9. The first kappa shape index (κ1) is 25.0. The first-order chi connectivity index (χ1) is 17.9. The highest BCUT2D eigenvalue weighted by atomic mass is 16.6. The van der Waals surface area contributed by atoms with Gasteiger partial charge in [-0.3, -0.25) is 0 Å². The monoisotopic (exact) mass is 499 g/mol. The molecule has 2 heterocycles. The molecule has 0 amide bonds. The minimum absolute atomic E-state index is 0.0195. The molecule has 2 aromatic carbocycles. The number of aromatic nitrogens is 2. The Bertz CT molecular complexity index is 1350. The van der Waals surface area contributed by atoms with Gasteiger partial charge in [0.05, 0.1) is 11.5 Å². The van der Waals surface area contributed by atoms with Gasteiger partial charge in [0.25, 0.3) is 0 Å². The van der Waals surface area contributed by atoms with Gasteiger partial charge in [-0.2, -0.15) is 0 Å². The van der Waals surface area contributed by atoms with Crippen LogP contribution in [0.25, 0.3) is 33.6 Å². The van der Waals surface area contributed by atoms with Crippen LogP contribution < -0.4 is 5.32 Å². The lowest BCUT2D eigenvalue weighted by Gasteiger charge is -2.30. The van der Waals surface area contributed by atoms with Gasteiger partial charge in [-0.25, -0.2) is 14.8 Å². The Morgan fingerprint density at radius 3 is 2.41 bits per heavy atom. The number of nitrogens with one attached hydrogen (secondary N) is 1. The van der Waals surface area contributed by atoms with Gasteiger partial charge in [0.2, 0.25) is 5.71 Å². The predicted molar refractivity (Wildman–Crippen MR) is 144 cm³/mol. The summed E-state index contributed by atoms with van der Waals surface area (Å²) in [6.45, 7) is 5.54. The normalized spacial score (nSPS) is 18.0. The van der Waals surface area contributed by atoms with E-state index in [0.29, 0.717) is 5.71 Å². The number of anilines is 1. The molecule has 0 saturated heterocycles. The van der Waals surface area contributed by atoms with Gasteiger partial charge in [0.1, 0.15) is 30.1 Å². The van der Waals surface area contributed by atoms with E-state index >= 15 is 0 Å². The van der Waals surface area contributed by atoms with Crippen molar-refractivity contribution in [3.05, 3.63) is 67.0 Å². The number of hydrogen-bond donors (Lipinski definition) is 1. The third-order valence-corrected chi connectivity index (χ3v) is 6.41. The Labute approximate surface area is 217 Å². The number of ether oxygens (including phenoxy) is 2. The fourth-order valence-electron chi connectivity index (χ4n) is 4.89. The van der Waals surface area contributed by atoms with E-state index in [1.54, 1.807) is 0 Å². The molecule has 1 N–H and O–H groups in total. The molecule has 2 aromatic heterocycles. The van der Waals surface area contributed by atoms with Crippen LogP contribution in [-0.2, 0) is 14.3 Å². The van der Waals surface area contributed by atoms with E-state index in [1.807, 2.05) is 69.3 Å². The largest absolute Gasteiger partial charge is 0.458 e. The second-order valence-electron chi connectivity index (χ2n) is 10.5. The van der Waals surface area contributed by atoms with Crippen molar-refractivity contribution in [2.45, 2.75) is 64.2 Å². The van der Waals surface area contributed by atoms with Crippen LogP contribution in [0.2, 0.25) is 0 Å². The summed E-state index contributed by atoms with van der Waals surface area (Å²) < 4.78 is 17.6. The number of hydrogen-bond acceptors (Lipinski definition) is 7. The van der Waals surface area contributed by atoms with Gasteiger partial charge in [-0.15, -0.1) is 0 Å². The maximum absolute atomic E-state index is 12.1.